The van der Waals surface area contributed by atoms with Crippen molar-refractivity contribution in [2.75, 3.05) is 6.61 Å². The number of nitrogens with one attached hydrogen (secondary N) is 1. The number of nitrogens with zero attached hydrogens (tertiary/aromatic N) is 1. The summed E-state index contributed by atoms with van der Waals surface area (Å²) in [4.78, 5) is 0. The molecule has 3 nitrogen and oxygen atoms in total. The van der Waals surface area contributed by atoms with Crippen LogP contribution in [-0.4, -0.2) is 18.2 Å². The maximum absolute atomic E-state index is 8.81. The molecule has 0 saturated carbocycles. The molecule has 1 aromatic carbocycles. The van der Waals surface area contributed by atoms with Crippen molar-refractivity contribution in [3.8, 4) is 6.07 Å². The van der Waals surface area contributed by atoms with E-state index >= 15 is 0 Å². The molecule has 1 saturated heterocycles. The van der Waals surface area contributed by atoms with Crippen molar-refractivity contribution < 1.29 is 4.74 Å². The van der Waals surface area contributed by atoms with Crippen molar-refractivity contribution in [3.05, 3.63) is 35.4 Å². The maximum atomic E-state index is 8.81. The second-order valence-corrected chi connectivity index (χ2v) is 5.92. The molecule has 2 rings (SSSR count). The summed E-state index contributed by atoms with van der Waals surface area (Å²) in [5, 5.41) is 12.5. The Kier molecular flexibility index (Phi) is 4.24. The average molecular weight is 258 g/mol. The van der Waals surface area contributed by atoms with E-state index in [0.29, 0.717) is 17.6 Å². The van der Waals surface area contributed by atoms with E-state index in [0.717, 1.165) is 19.4 Å². The highest BCUT2D eigenvalue weighted by Gasteiger charge is 2.29. The Labute approximate surface area is 115 Å². The van der Waals surface area contributed by atoms with Crippen LogP contribution in [0.2, 0.25) is 0 Å². The number of hydrogen-bond acceptors (Lipinski definition) is 3. The molecule has 0 radical (unpaired) electrons. The lowest BCUT2D eigenvalue weighted by molar-refractivity contribution is -0.0639. The van der Waals surface area contributed by atoms with Gasteiger partial charge in [-0.05, 0) is 51.3 Å². The Morgan fingerprint density at radius 1 is 1.37 bits per heavy atom. The van der Waals surface area contributed by atoms with E-state index in [-0.39, 0.29) is 5.60 Å². The van der Waals surface area contributed by atoms with Crippen LogP contribution in [-0.2, 0) is 4.74 Å². The third-order valence-corrected chi connectivity index (χ3v) is 3.72. The lowest BCUT2D eigenvalue weighted by Crippen LogP contribution is -2.44. The molecule has 102 valence electrons. The average Bonchev–Trinajstić information content (AvgIpc) is 2.37. The van der Waals surface area contributed by atoms with Crippen molar-refractivity contribution >= 4 is 0 Å². The minimum absolute atomic E-state index is 0.0275. The van der Waals surface area contributed by atoms with E-state index in [1.807, 2.05) is 24.3 Å². The molecule has 1 aromatic rings. The van der Waals surface area contributed by atoms with E-state index in [1.165, 1.54) is 5.56 Å². The number of ether oxygens (including phenoxy) is 1. The summed E-state index contributed by atoms with van der Waals surface area (Å²) in [5.74, 6) is 0. The standard InChI is InChI=1S/C16H22N2O/c1-12(14-6-4-13(11-17)5-7-14)18-15-8-9-19-16(2,3)10-15/h4-7,12,15,18H,8-10H2,1-3H3. The van der Waals surface area contributed by atoms with Crippen LogP contribution in [0.15, 0.2) is 24.3 Å². The van der Waals surface area contributed by atoms with Gasteiger partial charge in [0.1, 0.15) is 0 Å². The number of rotatable bonds is 3. The van der Waals surface area contributed by atoms with Gasteiger partial charge >= 0.3 is 0 Å². The van der Waals surface area contributed by atoms with Crippen LogP contribution < -0.4 is 5.32 Å². The Bertz CT molecular complexity index is 459. The van der Waals surface area contributed by atoms with E-state index in [1.54, 1.807) is 0 Å². The zero-order chi connectivity index (χ0) is 13.9. The fraction of sp³-hybridized carbons (Fsp3) is 0.562. The van der Waals surface area contributed by atoms with Crippen LogP contribution in [0.5, 0.6) is 0 Å². The monoisotopic (exact) mass is 258 g/mol. The largest absolute Gasteiger partial charge is 0.375 e. The molecule has 0 amide bonds. The fourth-order valence-electron chi connectivity index (χ4n) is 2.67. The van der Waals surface area contributed by atoms with Gasteiger partial charge in [-0.25, -0.2) is 0 Å². The quantitative estimate of drug-likeness (QED) is 0.905. The molecule has 3 heteroatoms. The first-order chi connectivity index (χ1) is 9.00. The van der Waals surface area contributed by atoms with Gasteiger partial charge < -0.3 is 10.1 Å². The third-order valence-electron chi connectivity index (χ3n) is 3.72. The highest BCUT2D eigenvalue weighted by atomic mass is 16.5. The summed E-state index contributed by atoms with van der Waals surface area (Å²) in [7, 11) is 0. The molecular formula is C16H22N2O. The van der Waals surface area contributed by atoms with Gasteiger partial charge in [0.05, 0.1) is 17.2 Å². The maximum Gasteiger partial charge on any atom is 0.0991 e. The molecule has 1 aliphatic rings. The second-order valence-electron chi connectivity index (χ2n) is 5.92. The Morgan fingerprint density at radius 2 is 2.05 bits per heavy atom. The van der Waals surface area contributed by atoms with E-state index in [2.05, 4.69) is 32.2 Å². The molecule has 1 N–H and O–H groups in total. The highest BCUT2D eigenvalue weighted by Crippen LogP contribution is 2.26. The van der Waals surface area contributed by atoms with Crippen molar-refractivity contribution in [1.82, 2.24) is 5.32 Å². The molecule has 0 aliphatic carbocycles. The van der Waals surface area contributed by atoms with Crippen molar-refractivity contribution in [2.45, 2.75) is 51.3 Å². The van der Waals surface area contributed by atoms with Gasteiger partial charge in [-0.3, -0.25) is 0 Å². The Morgan fingerprint density at radius 3 is 2.63 bits per heavy atom. The third kappa shape index (κ3) is 3.79. The van der Waals surface area contributed by atoms with E-state index < -0.39 is 0 Å². The van der Waals surface area contributed by atoms with Gasteiger partial charge in [0.25, 0.3) is 0 Å². The second kappa shape index (κ2) is 5.73. The summed E-state index contributed by atoms with van der Waals surface area (Å²) in [6.45, 7) is 7.29. The first-order valence-corrected chi connectivity index (χ1v) is 6.90. The zero-order valence-electron chi connectivity index (χ0n) is 11.9. The van der Waals surface area contributed by atoms with Gasteiger partial charge in [0.15, 0.2) is 0 Å². The molecule has 0 spiro atoms. The van der Waals surface area contributed by atoms with Crippen molar-refractivity contribution in [1.29, 1.82) is 5.26 Å². The van der Waals surface area contributed by atoms with Gasteiger partial charge in [-0.1, -0.05) is 12.1 Å². The molecule has 0 aromatic heterocycles. The minimum atomic E-state index is -0.0275. The van der Waals surface area contributed by atoms with Crippen molar-refractivity contribution in [3.63, 3.8) is 0 Å². The zero-order valence-corrected chi connectivity index (χ0v) is 11.9. The first-order valence-electron chi connectivity index (χ1n) is 6.90. The Hall–Kier alpha value is -1.37. The molecule has 2 atom stereocenters. The van der Waals surface area contributed by atoms with Gasteiger partial charge in [-0.15, -0.1) is 0 Å². The molecule has 19 heavy (non-hydrogen) atoms. The van der Waals surface area contributed by atoms with Crippen LogP contribution >= 0.6 is 0 Å². The predicted molar refractivity (Wildman–Crippen MR) is 75.8 cm³/mol. The number of benzene rings is 1. The summed E-state index contributed by atoms with van der Waals surface area (Å²) >= 11 is 0. The fourth-order valence-corrected chi connectivity index (χ4v) is 2.67. The minimum Gasteiger partial charge on any atom is -0.375 e. The summed E-state index contributed by atoms with van der Waals surface area (Å²) in [5.41, 5.74) is 1.91. The molecule has 1 aliphatic heterocycles. The van der Waals surface area contributed by atoms with E-state index in [4.69, 9.17) is 10.00 Å². The smallest absolute Gasteiger partial charge is 0.0991 e. The predicted octanol–water partition coefficient (Wildman–Crippen LogP) is 3.17. The van der Waals surface area contributed by atoms with Gasteiger partial charge in [0, 0.05) is 18.7 Å². The lowest BCUT2D eigenvalue weighted by atomic mass is 9.93. The summed E-state index contributed by atoms with van der Waals surface area (Å²) in [6.07, 6.45) is 2.09. The lowest BCUT2D eigenvalue weighted by Gasteiger charge is -2.37. The van der Waals surface area contributed by atoms with Gasteiger partial charge in [-0.2, -0.15) is 5.26 Å². The van der Waals surface area contributed by atoms with Gasteiger partial charge in [0.2, 0.25) is 0 Å². The van der Waals surface area contributed by atoms with Crippen LogP contribution in [0.4, 0.5) is 0 Å². The molecular weight excluding hydrogens is 236 g/mol. The molecule has 2 unspecified atom stereocenters. The summed E-state index contributed by atoms with van der Waals surface area (Å²) < 4.78 is 5.74. The molecule has 1 fully saturated rings. The van der Waals surface area contributed by atoms with Crippen LogP contribution in [0.3, 0.4) is 0 Å². The van der Waals surface area contributed by atoms with E-state index in [9.17, 15) is 0 Å². The number of hydrogen-bond donors (Lipinski definition) is 1. The normalized spacial score (nSPS) is 23.6. The Balaban J connectivity index is 1.96. The molecule has 0 bridgehead atoms. The molecule has 1 heterocycles. The van der Waals surface area contributed by atoms with Crippen LogP contribution in [0, 0.1) is 11.3 Å². The van der Waals surface area contributed by atoms with Crippen LogP contribution in [0.25, 0.3) is 0 Å². The van der Waals surface area contributed by atoms with Crippen molar-refractivity contribution in [2.24, 2.45) is 0 Å². The highest BCUT2D eigenvalue weighted by molar-refractivity contribution is 5.32. The van der Waals surface area contributed by atoms with Crippen LogP contribution in [0.1, 0.15) is 50.8 Å². The number of nitriles is 1. The topological polar surface area (TPSA) is 45.0 Å². The SMILES string of the molecule is CC(NC1CCOC(C)(C)C1)c1ccc(C#N)cc1. The first kappa shape index (κ1) is 14.0. The summed E-state index contributed by atoms with van der Waals surface area (Å²) in [6, 6.07) is 10.8.